The first kappa shape index (κ1) is 11.9. The minimum atomic E-state index is 0.111. The summed E-state index contributed by atoms with van der Waals surface area (Å²) < 4.78 is 0.990. The van der Waals surface area contributed by atoms with Gasteiger partial charge in [0.25, 0.3) is 5.91 Å². The molecule has 0 N–H and O–H groups in total. The Morgan fingerprint density at radius 2 is 2.12 bits per heavy atom. The Labute approximate surface area is 109 Å². The van der Waals surface area contributed by atoms with E-state index in [4.69, 9.17) is 11.6 Å². The third-order valence-corrected chi connectivity index (χ3v) is 3.85. The molecule has 86 valence electrons. The van der Waals surface area contributed by atoms with Crippen LogP contribution in [0.2, 0.25) is 0 Å². The summed E-state index contributed by atoms with van der Waals surface area (Å²) in [6, 6.07) is 7.48. The normalized spacial score (nSPS) is 20.1. The van der Waals surface area contributed by atoms with E-state index in [1.165, 1.54) is 0 Å². The van der Waals surface area contributed by atoms with Crippen LogP contribution in [0.25, 0.3) is 0 Å². The Morgan fingerprint density at radius 1 is 1.44 bits per heavy atom. The highest BCUT2D eigenvalue weighted by Gasteiger charge is 2.26. The van der Waals surface area contributed by atoms with Crippen molar-refractivity contribution in [2.24, 2.45) is 5.92 Å². The Morgan fingerprint density at radius 3 is 2.69 bits per heavy atom. The lowest BCUT2D eigenvalue weighted by molar-refractivity contribution is 0.0788. The summed E-state index contributed by atoms with van der Waals surface area (Å²) in [6.45, 7) is 1.62. The molecule has 1 saturated heterocycles. The van der Waals surface area contributed by atoms with Gasteiger partial charge in [0, 0.05) is 29.0 Å². The molecule has 1 aliphatic rings. The molecule has 2 rings (SSSR count). The summed E-state index contributed by atoms with van der Waals surface area (Å²) in [6.07, 6.45) is 1.02. The first-order valence-corrected chi connectivity index (χ1v) is 6.64. The number of alkyl halides is 1. The first-order valence-electron chi connectivity index (χ1n) is 5.31. The van der Waals surface area contributed by atoms with E-state index in [1.54, 1.807) is 0 Å². The number of halogens is 2. The van der Waals surface area contributed by atoms with E-state index in [9.17, 15) is 4.79 Å². The third-order valence-electron chi connectivity index (χ3n) is 2.88. The highest BCUT2D eigenvalue weighted by Crippen LogP contribution is 2.20. The number of rotatable bonds is 2. The second-order valence-electron chi connectivity index (χ2n) is 4.07. The number of carbonyl (C=O) groups is 1. The predicted octanol–water partition coefficient (Wildman–Crippen LogP) is 3.15. The van der Waals surface area contributed by atoms with Crippen LogP contribution in [0.4, 0.5) is 0 Å². The van der Waals surface area contributed by atoms with Crippen LogP contribution in [0, 0.1) is 5.92 Å². The highest BCUT2D eigenvalue weighted by atomic mass is 79.9. The molecule has 1 aromatic carbocycles. The summed E-state index contributed by atoms with van der Waals surface area (Å²) in [5.74, 6) is 1.21. The Balaban J connectivity index is 2.05. The maximum absolute atomic E-state index is 12.1. The third kappa shape index (κ3) is 2.58. The largest absolute Gasteiger partial charge is 0.338 e. The number of benzene rings is 1. The maximum atomic E-state index is 12.1. The van der Waals surface area contributed by atoms with Gasteiger partial charge in [-0.1, -0.05) is 15.9 Å². The van der Waals surface area contributed by atoms with Crippen LogP contribution in [0.5, 0.6) is 0 Å². The van der Waals surface area contributed by atoms with Crippen LogP contribution in [0.15, 0.2) is 28.7 Å². The van der Waals surface area contributed by atoms with Crippen molar-refractivity contribution in [1.82, 2.24) is 4.90 Å². The van der Waals surface area contributed by atoms with Crippen molar-refractivity contribution in [3.8, 4) is 0 Å². The van der Waals surface area contributed by atoms with Crippen LogP contribution in [0.3, 0.4) is 0 Å². The Hall–Kier alpha value is -0.540. The summed E-state index contributed by atoms with van der Waals surface area (Å²) in [7, 11) is 0. The summed E-state index contributed by atoms with van der Waals surface area (Å²) in [4.78, 5) is 14.0. The van der Waals surface area contributed by atoms with Crippen molar-refractivity contribution in [2.45, 2.75) is 6.42 Å². The molecule has 16 heavy (non-hydrogen) atoms. The number of amides is 1. The zero-order valence-electron chi connectivity index (χ0n) is 8.83. The van der Waals surface area contributed by atoms with Crippen molar-refractivity contribution >= 4 is 33.4 Å². The molecule has 1 amide bonds. The molecule has 1 unspecified atom stereocenters. The van der Waals surface area contributed by atoms with Gasteiger partial charge in [-0.3, -0.25) is 4.79 Å². The summed E-state index contributed by atoms with van der Waals surface area (Å²) in [5, 5.41) is 0. The van der Waals surface area contributed by atoms with Gasteiger partial charge < -0.3 is 4.90 Å². The fourth-order valence-electron chi connectivity index (χ4n) is 1.92. The van der Waals surface area contributed by atoms with E-state index >= 15 is 0 Å². The zero-order chi connectivity index (χ0) is 11.5. The van der Waals surface area contributed by atoms with E-state index in [2.05, 4.69) is 15.9 Å². The highest BCUT2D eigenvalue weighted by molar-refractivity contribution is 9.10. The second-order valence-corrected chi connectivity index (χ2v) is 5.29. The predicted molar refractivity (Wildman–Crippen MR) is 68.9 cm³/mol. The van der Waals surface area contributed by atoms with Crippen LogP contribution < -0.4 is 0 Å². The van der Waals surface area contributed by atoms with E-state index < -0.39 is 0 Å². The maximum Gasteiger partial charge on any atom is 0.253 e. The lowest BCUT2D eigenvalue weighted by Gasteiger charge is -2.16. The Kier molecular flexibility index (Phi) is 3.87. The van der Waals surface area contributed by atoms with Crippen molar-refractivity contribution < 1.29 is 4.79 Å². The molecule has 1 aliphatic heterocycles. The van der Waals surface area contributed by atoms with Crippen molar-refractivity contribution in [3.63, 3.8) is 0 Å². The molecule has 0 bridgehead atoms. The SMILES string of the molecule is O=C(c1ccc(Br)cc1)N1CCC(CCl)C1. The first-order chi connectivity index (χ1) is 7.70. The summed E-state index contributed by atoms with van der Waals surface area (Å²) >= 11 is 9.16. The molecule has 1 aromatic rings. The standard InChI is InChI=1S/C12H13BrClNO/c13-11-3-1-10(2-4-11)12(16)15-6-5-9(7-14)8-15/h1-4,9H,5-8H2. The molecule has 1 fully saturated rings. The van der Waals surface area contributed by atoms with Crippen LogP contribution >= 0.6 is 27.5 Å². The topological polar surface area (TPSA) is 20.3 Å². The number of hydrogen-bond donors (Lipinski definition) is 0. The number of nitrogens with zero attached hydrogens (tertiary/aromatic N) is 1. The fraction of sp³-hybridized carbons (Fsp3) is 0.417. The molecule has 0 saturated carbocycles. The average molecular weight is 303 g/mol. The molecule has 0 radical (unpaired) electrons. The molecule has 0 aliphatic carbocycles. The van der Waals surface area contributed by atoms with Gasteiger partial charge in [0.1, 0.15) is 0 Å². The van der Waals surface area contributed by atoms with Crippen molar-refractivity contribution in [1.29, 1.82) is 0 Å². The van der Waals surface area contributed by atoms with Crippen LogP contribution in [0.1, 0.15) is 16.8 Å². The van der Waals surface area contributed by atoms with Gasteiger partial charge in [-0.2, -0.15) is 0 Å². The van der Waals surface area contributed by atoms with Gasteiger partial charge in [0.15, 0.2) is 0 Å². The molecule has 0 spiro atoms. The number of likely N-dealkylation sites (tertiary alicyclic amines) is 1. The van der Waals surface area contributed by atoms with Crippen LogP contribution in [-0.2, 0) is 0 Å². The van der Waals surface area contributed by atoms with E-state index in [-0.39, 0.29) is 5.91 Å². The molecule has 1 heterocycles. The zero-order valence-corrected chi connectivity index (χ0v) is 11.2. The lowest BCUT2D eigenvalue weighted by Crippen LogP contribution is -2.28. The molecule has 1 atom stereocenters. The number of hydrogen-bond acceptors (Lipinski definition) is 1. The monoisotopic (exact) mass is 301 g/mol. The Bertz CT molecular complexity index is 379. The van der Waals surface area contributed by atoms with Gasteiger partial charge in [-0.25, -0.2) is 0 Å². The van der Waals surface area contributed by atoms with E-state index in [1.807, 2.05) is 29.2 Å². The van der Waals surface area contributed by atoms with Gasteiger partial charge in [0.05, 0.1) is 0 Å². The van der Waals surface area contributed by atoms with Gasteiger partial charge in [-0.05, 0) is 36.6 Å². The molecule has 0 aromatic heterocycles. The quantitative estimate of drug-likeness (QED) is 0.769. The molecule has 2 nitrogen and oxygen atoms in total. The average Bonchev–Trinajstić information content (AvgIpc) is 2.77. The molecule has 4 heteroatoms. The lowest BCUT2D eigenvalue weighted by atomic mass is 10.1. The second kappa shape index (κ2) is 5.19. The van der Waals surface area contributed by atoms with Gasteiger partial charge in [0.2, 0.25) is 0 Å². The van der Waals surface area contributed by atoms with Gasteiger partial charge in [-0.15, -0.1) is 11.6 Å². The molecular formula is C12H13BrClNO. The van der Waals surface area contributed by atoms with Crippen LogP contribution in [-0.4, -0.2) is 29.8 Å². The fourth-order valence-corrected chi connectivity index (χ4v) is 2.43. The van der Waals surface area contributed by atoms with Gasteiger partial charge >= 0.3 is 0 Å². The number of carbonyl (C=O) groups excluding carboxylic acids is 1. The summed E-state index contributed by atoms with van der Waals surface area (Å²) in [5.41, 5.74) is 0.749. The van der Waals surface area contributed by atoms with E-state index in [0.29, 0.717) is 11.8 Å². The minimum absolute atomic E-state index is 0.111. The molecular weight excluding hydrogens is 289 g/mol. The van der Waals surface area contributed by atoms with Crippen molar-refractivity contribution in [2.75, 3.05) is 19.0 Å². The van der Waals surface area contributed by atoms with Crippen molar-refractivity contribution in [3.05, 3.63) is 34.3 Å². The van der Waals surface area contributed by atoms with E-state index in [0.717, 1.165) is 29.5 Å². The minimum Gasteiger partial charge on any atom is -0.338 e. The smallest absolute Gasteiger partial charge is 0.253 e.